The van der Waals surface area contributed by atoms with E-state index in [2.05, 4.69) is 20.1 Å². The number of rotatable bonds is 12. The highest BCUT2D eigenvalue weighted by atomic mass is 32.2. The summed E-state index contributed by atoms with van der Waals surface area (Å²) in [7, 11) is 0. The van der Waals surface area contributed by atoms with Crippen molar-refractivity contribution in [3.05, 3.63) is 134 Å². The predicted molar refractivity (Wildman–Crippen MR) is 202 cm³/mol. The molecule has 50 heavy (non-hydrogen) atoms. The molecule has 7 atom stereocenters. The number of likely N-dealkylation sites (tertiary alicyclic amines) is 1. The van der Waals surface area contributed by atoms with Gasteiger partial charge in [0.05, 0.1) is 29.2 Å². The number of aliphatic hydroxyl groups is 1. The minimum absolute atomic E-state index is 0.0303. The lowest BCUT2D eigenvalue weighted by Gasteiger charge is -2.42. The zero-order chi connectivity index (χ0) is 35.0. The minimum Gasteiger partial charge on any atom is -0.394 e. The Kier molecular flexibility index (Phi) is 9.42. The third-order valence-electron chi connectivity index (χ3n) is 10.9. The smallest absolute Gasteiger partial charge is 0.251 e. The third kappa shape index (κ3) is 5.55. The van der Waals surface area contributed by atoms with Crippen molar-refractivity contribution in [1.82, 2.24) is 4.90 Å². The first-order valence-electron chi connectivity index (χ1n) is 17.4. The number of anilines is 2. The molecule has 0 radical (unpaired) electrons. The van der Waals surface area contributed by atoms with Crippen molar-refractivity contribution in [3.8, 4) is 0 Å². The molecule has 1 spiro atoms. The van der Waals surface area contributed by atoms with Crippen LogP contribution in [0.3, 0.4) is 0 Å². The maximum Gasteiger partial charge on any atom is 0.251 e. The zero-order valence-corrected chi connectivity index (χ0v) is 29.1. The molecular formula is C42H43N3O4S. The van der Waals surface area contributed by atoms with Crippen LogP contribution in [0, 0.1) is 17.8 Å². The summed E-state index contributed by atoms with van der Waals surface area (Å²) in [6.07, 6.45) is 4.50. The molecule has 0 aromatic heterocycles. The van der Waals surface area contributed by atoms with Gasteiger partial charge in [0.1, 0.15) is 6.04 Å². The van der Waals surface area contributed by atoms with Crippen LogP contribution in [0.1, 0.15) is 18.9 Å². The Morgan fingerprint density at radius 1 is 0.880 bits per heavy atom. The molecule has 256 valence electrons. The second kappa shape index (κ2) is 13.9. The van der Waals surface area contributed by atoms with E-state index in [1.807, 2.05) is 103 Å². The Balaban J connectivity index is 1.35. The van der Waals surface area contributed by atoms with E-state index in [0.29, 0.717) is 25.1 Å². The molecule has 1 N–H and O–H groups in total. The van der Waals surface area contributed by atoms with E-state index < -0.39 is 28.7 Å². The van der Waals surface area contributed by atoms with Gasteiger partial charge in [0.2, 0.25) is 11.8 Å². The molecule has 3 heterocycles. The van der Waals surface area contributed by atoms with Gasteiger partial charge in [-0.2, -0.15) is 0 Å². The monoisotopic (exact) mass is 685 g/mol. The Morgan fingerprint density at radius 3 is 2.16 bits per heavy atom. The highest BCUT2D eigenvalue weighted by Gasteiger charge is 2.77. The largest absolute Gasteiger partial charge is 0.394 e. The van der Waals surface area contributed by atoms with Gasteiger partial charge in [-0.05, 0) is 59.4 Å². The van der Waals surface area contributed by atoms with Crippen molar-refractivity contribution in [2.45, 2.75) is 41.8 Å². The average molecular weight is 686 g/mol. The number of fused-ring (bicyclic) bond motifs is 2. The molecule has 4 aromatic rings. The SMILES string of the molecule is C=CCN(C(=O)C1N([C@@H](CO)Cc2ccccc2)C(=O)[C@@H]2[C@@H](C(=O)N(CC=C)c3ccccc3)[C@H]3CC(C)C12S3)c1ccc2ccccc2c1. The number of hydrogen-bond acceptors (Lipinski definition) is 5. The van der Waals surface area contributed by atoms with Gasteiger partial charge in [0.15, 0.2) is 0 Å². The van der Waals surface area contributed by atoms with Crippen LogP contribution >= 0.6 is 11.8 Å². The van der Waals surface area contributed by atoms with Crippen LogP contribution in [0.15, 0.2) is 128 Å². The van der Waals surface area contributed by atoms with E-state index in [-0.39, 0.29) is 42.0 Å². The van der Waals surface area contributed by atoms with Gasteiger partial charge in [-0.1, -0.05) is 97.9 Å². The van der Waals surface area contributed by atoms with E-state index in [9.17, 15) is 9.90 Å². The number of amides is 3. The normalized spacial score (nSPS) is 25.7. The molecule has 7 rings (SSSR count). The van der Waals surface area contributed by atoms with Gasteiger partial charge in [-0.25, -0.2) is 0 Å². The fourth-order valence-corrected chi connectivity index (χ4v) is 11.1. The van der Waals surface area contributed by atoms with Gasteiger partial charge < -0.3 is 19.8 Å². The molecule has 3 unspecified atom stereocenters. The summed E-state index contributed by atoms with van der Waals surface area (Å²) in [6.45, 7) is 10.3. The van der Waals surface area contributed by atoms with Crippen LogP contribution in [-0.2, 0) is 20.8 Å². The van der Waals surface area contributed by atoms with Crippen LogP contribution in [0.4, 0.5) is 11.4 Å². The number of carbonyl (C=O) groups excluding carboxylic acids is 3. The molecule has 3 aliphatic rings. The highest BCUT2D eigenvalue weighted by Crippen LogP contribution is 2.69. The Labute approximate surface area is 298 Å². The van der Waals surface area contributed by atoms with Crippen molar-refractivity contribution >= 4 is 51.6 Å². The maximum absolute atomic E-state index is 15.4. The first-order valence-corrected chi connectivity index (χ1v) is 18.2. The molecule has 3 fully saturated rings. The van der Waals surface area contributed by atoms with Crippen LogP contribution < -0.4 is 9.80 Å². The number of para-hydroxylation sites is 1. The minimum atomic E-state index is -0.903. The second-order valence-electron chi connectivity index (χ2n) is 13.7. The molecule has 0 saturated carbocycles. The van der Waals surface area contributed by atoms with Crippen molar-refractivity contribution < 1.29 is 19.5 Å². The van der Waals surface area contributed by atoms with E-state index in [4.69, 9.17) is 0 Å². The number of thioether (sulfide) groups is 1. The Hall–Kier alpha value is -4.66. The zero-order valence-electron chi connectivity index (χ0n) is 28.3. The first kappa shape index (κ1) is 33.8. The van der Waals surface area contributed by atoms with Crippen molar-refractivity contribution in [2.24, 2.45) is 17.8 Å². The number of aliphatic hydroxyl groups excluding tert-OH is 1. The maximum atomic E-state index is 15.4. The molecule has 4 aromatic carbocycles. The van der Waals surface area contributed by atoms with Crippen LogP contribution in [0.25, 0.3) is 10.8 Å². The Bertz CT molecular complexity index is 1920. The third-order valence-corrected chi connectivity index (χ3v) is 13.0. The summed E-state index contributed by atoms with van der Waals surface area (Å²) in [5, 5.41) is 12.9. The molecular weight excluding hydrogens is 643 g/mol. The van der Waals surface area contributed by atoms with Crippen LogP contribution in [-0.4, -0.2) is 69.5 Å². The molecule has 3 saturated heterocycles. The first-order chi connectivity index (χ1) is 24.3. The number of hydrogen-bond donors (Lipinski definition) is 1. The summed E-state index contributed by atoms with van der Waals surface area (Å²) < 4.78 is -0.865. The van der Waals surface area contributed by atoms with E-state index in [0.717, 1.165) is 22.0 Å². The summed E-state index contributed by atoms with van der Waals surface area (Å²) >= 11 is 1.65. The van der Waals surface area contributed by atoms with Crippen LogP contribution in [0.5, 0.6) is 0 Å². The molecule has 7 nitrogen and oxygen atoms in total. The number of benzene rings is 4. The van der Waals surface area contributed by atoms with Gasteiger partial charge in [-0.3, -0.25) is 14.4 Å². The predicted octanol–water partition coefficient (Wildman–Crippen LogP) is 6.52. The van der Waals surface area contributed by atoms with E-state index >= 15 is 9.59 Å². The van der Waals surface area contributed by atoms with E-state index in [1.54, 1.807) is 38.6 Å². The molecule has 3 aliphatic heterocycles. The topological polar surface area (TPSA) is 81.2 Å². The fourth-order valence-electron chi connectivity index (χ4n) is 8.73. The Morgan fingerprint density at radius 2 is 1.50 bits per heavy atom. The lowest BCUT2D eigenvalue weighted by atomic mass is 9.65. The fraction of sp³-hybridized carbons (Fsp3) is 0.310. The van der Waals surface area contributed by atoms with Gasteiger partial charge in [-0.15, -0.1) is 24.9 Å². The molecule has 8 heteroatoms. The molecule has 3 amide bonds. The van der Waals surface area contributed by atoms with E-state index in [1.165, 1.54) is 0 Å². The lowest BCUT2D eigenvalue weighted by Crippen LogP contribution is -2.59. The number of carbonyl (C=O) groups is 3. The molecule has 0 aliphatic carbocycles. The van der Waals surface area contributed by atoms with Gasteiger partial charge in [0, 0.05) is 29.7 Å². The lowest BCUT2D eigenvalue weighted by molar-refractivity contribution is -0.141. The summed E-state index contributed by atoms with van der Waals surface area (Å²) in [6, 6.07) is 31.6. The van der Waals surface area contributed by atoms with Gasteiger partial charge >= 0.3 is 0 Å². The van der Waals surface area contributed by atoms with Crippen LogP contribution in [0.2, 0.25) is 0 Å². The molecule has 2 bridgehead atoms. The van der Waals surface area contributed by atoms with Gasteiger partial charge in [0.25, 0.3) is 5.91 Å². The quantitative estimate of drug-likeness (QED) is 0.172. The van der Waals surface area contributed by atoms with Crippen molar-refractivity contribution in [3.63, 3.8) is 0 Å². The van der Waals surface area contributed by atoms with Crippen molar-refractivity contribution in [2.75, 3.05) is 29.5 Å². The highest BCUT2D eigenvalue weighted by molar-refractivity contribution is 8.02. The standard InChI is InChI=1S/C42H43N3O4S/c1-4-22-43(32-18-10-7-11-19-32)39(47)36-35-24-28(3)42(50-35)37(36)40(48)45(34(27-46)25-29-14-8-6-9-15-29)38(42)41(49)44(23-5-2)33-21-20-30-16-12-13-17-31(30)26-33/h4-21,26,28,34-38,46H,1-2,22-25,27H2,3H3/t28?,34-,35-,36+,37+,38?,42?/m1/s1. The summed E-state index contributed by atoms with van der Waals surface area (Å²) in [5.74, 6) is -1.98. The summed E-state index contributed by atoms with van der Waals surface area (Å²) in [4.78, 5) is 50.4. The van der Waals surface area contributed by atoms with Crippen molar-refractivity contribution in [1.29, 1.82) is 0 Å². The second-order valence-corrected chi connectivity index (χ2v) is 15.2. The number of nitrogens with zero attached hydrogens (tertiary/aromatic N) is 3. The average Bonchev–Trinajstić information content (AvgIpc) is 3.75. The summed E-state index contributed by atoms with van der Waals surface area (Å²) in [5.41, 5.74) is 2.41.